The molecule has 0 saturated carbocycles. The third-order valence-corrected chi connectivity index (χ3v) is 4.45. The van der Waals surface area contributed by atoms with E-state index in [1.165, 1.54) is 20.1 Å². The predicted octanol–water partition coefficient (Wildman–Crippen LogP) is 3.90. The average molecular weight is 364 g/mol. The molecule has 1 aromatic rings. The Morgan fingerprint density at radius 2 is 2.04 bits per heavy atom. The third kappa shape index (κ3) is 3.44. The van der Waals surface area contributed by atoms with Gasteiger partial charge in [0.15, 0.2) is 11.7 Å². The number of carbonyl (C=O) groups is 1. The molecule has 1 heterocycles. The summed E-state index contributed by atoms with van der Waals surface area (Å²) in [6.07, 6.45) is -6.62. The van der Waals surface area contributed by atoms with Crippen LogP contribution < -0.4 is 4.74 Å². The normalized spacial score (nSPS) is 26.6. The smallest absolute Gasteiger partial charge is 0.417 e. The maximum absolute atomic E-state index is 13.8. The summed E-state index contributed by atoms with van der Waals surface area (Å²) in [4.78, 5) is 12.2. The van der Waals surface area contributed by atoms with Crippen molar-refractivity contribution in [2.24, 2.45) is 0 Å². The van der Waals surface area contributed by atoms with Gasteiger partial charge in [-0.3, -0.25) is 0 Å². The molecule has 0 bridgehead atoms. The second kappa shape index (κ2) is 6.82. The Morgan fingerprint density at radius 1 is 1.40 bits per heavy atom. The SMILES string of the molecule is CCOC(=O)C1OC(C)(C(F)(F)F)CC1c1ccc(F)c(C)c1OC. The van der Waals surface area contributed by atoms with Crippen molar-refractivity contribution in [3.8, 4) is 5.75 Å². The fraction of sp³-hybridized carbons (Fsp3) is 0.588. The molecule has 1 fully saturated rings. The van der Waals surface area contributed by atoms with E-state index in [4.69, 9.17) is 14.2 Å². The van der Waals surface area contributed by atoms with E-state index in [9.17, 15) is 22.4 Å². The van der Waals surface area contributed by atoms with Gasteiger partial charge in [0.25, 0.3) is 0 Å². The van der Waals surface area contributed by atoms with Crippen LogP contribution in [-0.4, -0.2) is 37.6 Å². The number of methoxy groups -OCH3 is 1. The minimum absolute atomic E-state index is 0.00766. The summed E-state index contributed by atoms with van der Waals surface area (Å²) < 4.78 is 69.2. The molecule has 1 aliphatic rings. The number of esters is 1. The average Bonchev–Trinajstić information content (AvgIpc) is 2.89. The number of hydrogen-bond acceptors (Lipinski definition) is 4. The van der Waals surface area contributed by atoms with Crippen LogP contribution in [0.5, 0.6) is 5.75 Å². The molecule has 1 aliphatic heterocycles. The molecule has 3 atom stereocenters. The van der Waals surface area contributed by atoms with Crippen LogP contribution in [0.25, 0.3) is 0 Å². The third-order valence-electron chi connectivity index (χ3n) is 4.45. The van der Waals surface area contributed by atoms with E-state index in [0.29, 0.717) is 0 Å². The minimum Gasteiger partial charge on any atom is -0.496 e. The molecule has 25 heavy (non-hydrogen) atoms. The standard InChI is InChI=1S/C17H20F4O4/c1-5-24-15(22)14-11(8-16(3,25-14)17(19,20)21)10-6-7-12(18)9(2)13(10)23-4/h6-7,11,14H,5,8H2,1-4H3. The molecular weight excluding hydrogens is 344 g/mol. The van der Waals surface area contributed by atoms with Crippen LogP contribution in [0.15, 0.2) is 12.1 Å². The first kappa shape index (κ1) is 19.5. The van der Waals surface area contributed by atoms with Crippen LogP contribution in [0, 0.1) is 12.7 Å². The molecule has 0 aromatic heterocycles. The quantitative estimate of drug-likeness (QED) is 0.600. The summed E-state index contributed by atoms with van der Waals surface area (Å²) in [5, 5.41) is 0. The van der Waals surface area contributed by atoms with Crippen molar-refractivity contribution in [1.29, 1.82) is 0 Å². The number of hydrogen-bond donors (Lipinski definition) is 0. The van der Waals surface area contributed by atoms with Gasteiger partial charge in [0.05, 0.1) is 13.7 Å². The Kier molecular flexibility index (Phi) is 5.32. The molecule has 1 saturated heterocycles. The van der Waals surface area contributed by atoms with Gasteiger partial charge < -0.3 is 14.2 Å². The van der Waals surface area contributed by atoms with Crippen LogP contribution in [0.3, 0.4) is 0 Å². The van der Waals surface area contributed by atoms with Gasteiger partial charge in [-0.1, -0.05) is 6.07 Å². The summed E-state index contributed by atoms with van der Waals surface area (Å²) >= 11 is 0. The van der Waals surface area contributed by atoms with Crippen molar-refractivity contribution in [3.63, 3.8) is 0 Å². The topological polar surface area (TPSA) is 44.8 Å². The zero-order chi connectivity index (χ0) is 19.0. The van der Waals surface area contributed by atoms with Crippen molar-refractivity contribution in [1.82, 2.24) is 0 Å². The van der Waals surface area contributed by atoms with Crippen molar-refractivity contribution in [3.05, 3.63) is 29.1 Å². The van der Waals surface area contributed by atoms with Crippen LogP contribution in [0.1, 0.15) is 37.3 Å². The fourth-order valence-electron chi connectivity index (χ4n) is 3.08. The number of ether oxygens (including phenoxy) is 3. The highest BCUT2D eigenvalue weighted by Crippen LogP contribution is 2.51. The molecule has 0 N–H and O–H groups in total. The van der Waals surface area contributed by atoms with Gasteiger partial charge >= 0.3 is 12.1 Å². The molecular formula is C17H20F4O4. The van der Waals surface area contributed by atoms with Crippen molar-refractivity contribution >= 4 is 5.97 Å². The Morgan fingerprint density at radius 3 is 2.56 bits per heavy atom. The zero-order valence-corrected chi connectivity index (χ0v) is 14.4. The first-order chi connectivity index (χ1) is 11.6. The Balaban J connectivity index is 2.53. The predicted molar refractivity (Wildman–Crippen MR) is 81.0 cm³/mol. The second-order valence-corrected chi connectivity index (χ2v) is 6.12. The Labute approximate surface area is 143 Å². The molecule has 1 aromatic carbocycles. The monoisotopic (exact) mass is 364 g/mol. The maximum atomic E-state index is 13.8. The Hall–Kier alpha value is -1.83. The van der Waals surface area contributed by atoms with E-state index in [1.54, 1.807) is 6.92 Å². The molecule has 8 heteroatoms. The first-order valence-corrected chi connectivity index (χ1v) is 7.80. The molecule has 2 rings (SSSR count). The second-order valence-electron chi connectivity index (χ2n) is 6.12. The maximum Gasteiger partial charge on any atom is 0.417 e. The first-order valence-electron chi connectivity index (χ1n) is 7.80. The number of halogens is 4. The minimum atomic E-state index is -4.67. The van der Waals surface area contributed by atoms with Gasteiger partial charge in [0.1, 0.15) is 11.6 Å². The van der Waals surface area contributed by atoms with E-state index in [0.717, 1.165) is 13.0 Å². The molecule has 4 nitrogen and oxygen atoms in total. The number of carbonyl (C=O) groups excluding carboxylic acids is 1. The van der Waals surface area contributed by atoms with E-state index >= 15 is 0 Å². The van der Waals surface area contributed by atoms with E-state index in [2.05, 4.69) is 0 Å². The van der Waals surface area contributed by atoms with Crippen molar-refractivity contribution in [2.75, 3.05) is 13.7 Å². The summed E-state index contributed by atoms with van der Waals surface area (Å²) in [6.45, 7) is 3.90. The van der Waals surface area contributed by atoms with Crippen LogP contribution in [-0.2, 0) is 14.3 Å². The lowest BCUT2D eigenvalue weighted by molar-refractivity contribution is -0.264. The van der Waals surface area contributed by atoms with Gasteiger partial charge in [-0.05, 0) is 33.3 Å². The highest BCUT2D eigenvalue weighted by molar-refractivity contribution is 5.77. The lowest BCUT2D eigenvalue weighted by Gasteiger charge is -2.26. The summed E-state index contributed by atoms with van der Waals surface area (Å²) in [5.74, 6) is -2.30. The van der Waals surface area contributed by atoms with Crippen LogP contribution >= 0.6 is 0 Å². The van der Waals surface area contributed by atoms with Crippen molar-refractivity contribution in [2.45, 2.75) is 51.0 Å². The summed E-state index contributed by atoms with van der Waals surface area (Å²) in [5.41, 5.74) is -2.07. The molecule has 0 radical (unpaired) electrons. The van der Waals surface area contributed by atoms with E-state index in [-0.39, 0.29) is 23.5 Å². The zero-order valence-electron chi connectivity index (χ0n) is 14.4. The van der Waals surface area contributed by atoms with Gasteiger partial charge in [0.2, 0.25) is 0 Å². The lowest BCUT2D eigenvalue weighted by atomic mass is 9.85. The number of alkyl halides is 3. The lowest BCUT2D eigenvalue weighted by Crippen LogP contribution is -2.43. The van der Waals surface area contributed by atoms with Gasteiger partial charge in [-0.15, -0.1) is 0 Å². The molecule has 3 unspecified atom stereocenters. The van der Waals surface area contributed by atoms with Crippen molar-refractivity contribution < 1.29 is 36.6 Å². The highest BCUT2D eigenvalue weighted by atomic mass is 19.4. The van der Waals surface area contributed by atoms with Gasteiger partial charge in [0, 0.05) is 17.0 Å². The highest BCUT2D eigenvalue weighted by Gasteiger charge is 2.61. The van der Waals surface area contributed by atoms with Crippen LogP contribution in [0.2, 0.25) is 0 Å². The van der Waals surface area contributed by atoms with Gasteiger partial charge in [-0.25, -0.2) is 9.18 Å². The fourth-order valence-corrected chi connectivity index (χ4v) is 3.08. The molecule has 140 valence electrons. The summed E-state index contributed by atoms with van der Waals surface area (Å²) in [7, 11) is 1.30. The Bertz CT molecular complexity index is 659. The van der Waals surface area contributed by atoms with E-state index < -0.39 is 42.0 Å². The summed E-state index contributed by atoms with van der Waals surface area (Å²) in [6, 6.07) is 2.46. The molecule has 0 spiro atoms. The molecule has 0 amide bonds. The number of rotatable bonds is 4. The number of benzene rings is 1. The van der Waals surface area contributed by atoms with Crippen LogP contribution in [0.4, 0.5) is 17.6 Å². The van der Waals surface area contributed by atoms with E-state index in [1.807, 2.05) is 0 Å². The van der Waals surface area contributed by atoms with Gasteiger partial charge in [-0.2, -0.15) is 13.2 Å². The molecule has 0 aliphatic carbocycles. The largest absolute Gasteiger partial charge is 0.496 e.